The van der Waals surface area contributed by atoms with Crippen molar-refractivity contribution >= 4 is 41.5 Å². The SMILES string of the molecule is CN=C(NCc1nc(-c2ccc(OC)cc2)n[nH]1)N(C)Cc1cc(Cl)cn1C.I. The molecular weight excluding hydrogens is 505 g/mol. The van der Waals surface area contributed by atoms with Crippen LogP contribution in [-0.4, -0.2) is 51.8 Å². The Labute approximate surface area is 192 Å². The molecule has 0 bridgehead atoms. The first-order chi connectivity index (χ1) is 13.5. The lowest BCUT2D eigenvalue weighted by Crippen LogP contribution is -2.38. The highest BCUT2D eigenvalue weighted by Gasteiger charge is 2.11. The number of aryl methyl sites for hydroxylation is 1. The molecule has 0 atom stereocenters. The van der Waals surface area contributed by atoms with Crippen LogP contribution >= 0.6 is 35.6 Å². The molecule has 2 aromatic heterocycles. The molecule has 2 N–H and O–H groups in total. The number of halogens is 2. The van der Waals surface area contributed by atoms with Crippen LogP contribution in [0.5, 0.6) is 5.75 Å². The zero-order chi connectivity index (χ0) is 20.1. The average molecular weight is 530 g/mol. The summed E-state index contributed by atoms with van der Waals surface area (Å²) in [5, 5.41) is 11.3. The Hall–Kier alpha value is -2.27. The van der Waals surface area contributed by atoms with Crippen molar-refractivity contribution in [1.82, 2.24) is 30.0 Å². The number of guanidine groups is 1. The van der Waals surface area contributed by atoms with E-state index in [0.29, 0.717) is 18.9 Å². The second-order valence-corrected chi connectivity index (χ2v) is 6.79. The first-order valence-electron chi connectivity index (χ1n) is 8.78. The summed E-state index contributed by atoms with van der Waals surface area (Å²) in [6, 6.07) is 9.57. The molecule has 0 saturated heterocycles. The topological polar surface area (TPSA) is 83.4 Å². The summed E-state index contributed by atoms with van der Waals surface area (Å²) in [6.45, 7) is 1.16. The van der Waals surface area contributed by atoms with Gasteiger partial charge in [-0.2, -0.15) is 5.10 Å². The molecule has 0 saturated carbocycles. The third kappa shape index (κ3) is 5.86. The van der Waals surface area contributed by atoms with E-state index in [9.17, 15) is 0 Å². The third-order valence-electron chi connectivity index (χ3n) is 4.34. The minimum absolute atomic E-state index is 0. The van der Waals surface area contributed by atoms with Gasteiger partial charge in [-0.05, 0) is 30.3 Å². The molecular formula is C19H25ClIN7O. The van der Waals surface area contributed by atoms with Crippen molar-refractivity contribution in [2.45, 2.75) is 13.1 Å². The fourth-order valence-electron chi connectivity index (χ4n) is 2.83. The number of hydrogen-bond donors (Lipinski definition) is 2. The summed E-state index contributed by atoms with van der Waals surface area (Å²) in [7, 11) is 7.34. The largest absolute Gasteiger partial charge is 0.497 e. The Kier molecular flexibility index (Phi) is 8.32. The second-order valence-electron chi connectivity index (χ2n) is 6.35. The first-order valence-corrected chi connectivity index (χ1v) is 9.16. The fraction of sp³-hybridized carbons (Fsp3) is 0.316. The first kappa shape index (κ1) is 23.0. The van der Waals surface area contributed by atoms with Crippen LogP contribution in [0.2, 0.25) is 5.02 Å². The van der Waals surface area contributed by atoms with E-state index in [4.69, 9.17) is 16.3 Å². The van der Waals surface area contributed by atoms with Crippen molar-refractivity contribution in [3.8, 4) is 17.1 Å². The van der Waals surface area contributed by atoms with Gasteiger partial charge in [-0.3, -0.25) is 10.1 Å². The minimum Gasteiger partial charge on any atom is -0.497 e. The van der Waals surface area contributed by atoms with E-state index in [0.717, 1.165) is 33.8 Å². The number of aromatic nitrogens is 4. The summed E-state index contributed by atoms with van der Waals surface area (Å²) < 4.78 is 7.18. The average Bonchev–Trinajstić information content (AvgIpc) is 3.28. The van der Waals surface area contributed by atoms with Crippen molar-refractivity contribution in [3.05, 3.63) is 53.1 Å². The van der Waals surface area contributed by atoms with Crippen LogP contribution < -0.4 is 10.1 Å². The molecule has 0 radical (unpaired) electrons. The van der Waals surface area contributed by atoms with E-state index in [2.05, 4.69) is 25.5 Å². The van der Waals surface area contributed by atoms with Crippen LogP contribution in [0.25, 0.3) is 11.4 Å². The van der Waals surface area contributed by atoms with E-state index in [1.807, 2.05) is 60.1 Å². The van der Waals surface area contributed by atoms with Crippen LogP contribution in [0, 0.1) is 0 Å². The third-order valence-corrected chi connectivity index (χ3v) is 4.55. The Morgan fingerprint density at radius 1 is 1.34 bits per heavy atom. The molecule has 29 heavy (non-hydrogen) atoms. The number of H-pyrrole nitrogens is 1. The number of aromatic amines is 1. The van der Waals surface area contributed by atoms with Crippen molar-refractivity contribution < 1.29 is 4.74 Å². The summed E-state index contributed by atoms with van der Waals surface area (Å²) >= 11 is 6.06. The number of ether oxygens (including phenoxy) is 1. The second kappa shape index (κ2) is 10.5. The number of nitrogens with zero attached hydrogens (tertiary/aromatic N) is 5. The monoisotopic (exact) mass is 529 g/mol. The number of benzene rings is 1. The predicted octanol–water partition coefficient (Wildman–Crippen LogP) is 3.30. The maximum absolute atomic E-state index is 6.06. The lowest BCUT2D eigenvalue weighted by molar-refractivity contribution is 0.415. The highest BCUT2D eigenvalue weighted by Crippen LogP contribution is 2.19. The normalized spacial score (nSPS) is 11.1. The molecule has 0 aliphatic rings. The van der Waals surface area contributed by atoms with Gasteiger partial charge in [0.05, 0.1) is 25.2 Å². The minimum atomic E-state index is 0. The highest BCUT2D eigenvalue weighted by atomic mass is 127. The van der Waals surface area contributed by atoms with Crippen LogP contribution in [0.15, 0.2) is 41.5 Å². The summed E-state index contributed by atoms with van der Waals surface area (Å²) in [6.07, 6.45) is 1.89. The summed E-state index contributed by atoms with van der Waals surface area (Å²) in [5.41, 5.74) is 2.02. The zero-order valence-corrected chi connectivity index (χ0v) is 19.9. The molecule has 0 fully saturated rings. The van der Waals surface area contributed by atoms with Gasteiger partial charge in [0.1, 0.15) is 11.6 Å². The maximum atomic E-state index is 6.06. The molecule has 1 aromatic carbocycles. The smallest absolute Gasteiger partial charge is 0.194 e. The molecule has 3 rings (SSSR count). The van der Waals surface area contributed by atoms with Gasteiger partial charge < -0.3 is 19.5 Å². The molecule has 10 heteroatoms. The van der Waals surface area contributed by atoms with E-state index in [-0.39, 0.29) is 24.0 Å². The molecule has 0 aliphatic heterocycles. The predicted molar refractivity (Wildman–Crippen MR) is 126 cm³/mol. The Bertz CT molecular complexity index is 952. The molecule has 156 valence electrons. The van der Waals surface area contributed by atoms with Gasteiger partial charge in [-0.1, -0.05) is 11.6 Å². The van der Waals surface area contributed by atoms with E-state index in [1.54, 1.807) is 14.2 Å². The van der Waals surface area contributed by atoms with E-state index >= 15 is 0 Å². The number of hydrogen-bond acceptors (Lipinski definition) is 4. The van der Waals surface area contributed by atoms with E-state index < -0.39 is 0 Å². The quantitative estimate of drug-likeness (QED) is 0.291. The number of rotatable bonds is 6. The van der Waals surface area contributed by atoms with Gasteiger partial charge >= 0.3 is 0 Å². The van der Waals surface area contributed by atoms with Gasteiger partial charge in [-0.15, -0.1) is 24.0 Å². The molecule has 0 unspecified atom stereocenters. The van der Waals surface area contributed by atoms with E-state index in [1.165, 1.54) is 0 Å². The summed E-state index contributed by atoms with van der Waals surface area (Å²) in [5.74, 6) is 2.91. The molecule has 3 aromatic rings. The zero-order valence-electron chi connectivity index (χ0n) is 16.8. The Morgan fingerprint density at radius 2 is 2.07 bits per heavy atom. The molecule has 0 amide bonds. The van der Waals surface area contributed by atoms with Crippen LogP contribution in [0.4, 0.5) is 0 Å². The van der Waals surface area contributed by atoms with Crippen molar-refractivity contribution in [3.63, 3.8) is 0 Å². The molecule has 0 spiro atoms. The fourth-order valence-corrected chi connectivity index (χ4v) is 3.10. The number of nitrogens with one attached hydrogen (secondary N) is 2. The van der Waals surface area contributed by atoms with Gasteiger partial charge in [0.2, 0.25) is 0 Å². The van der Waals surface area contributed by atoms with Gasteiger partial charge in [-0.25, -0.2) is 4.98 Å². The van der Waals surface area contributed by atoms with Crippen molar-refractivity contribution in [2.75, 3.05) is 21.2 Å². The maximum Gasteiger partial charge on any atom is 0.194 e. The van der Waals surface area contributed by atoms with Crippen LogP contribution in [0.1, 0.15) is 11.5 Å². The Balaban J connectivity index is 0.00000300. The number of aliphatic imine (C=N–C) groups is 1. The standard InChI is InChI=1S/C19H24ClN7O.HI/c1-21-19(27(3)12-15-9-14(20)11-26(15)2)22-10-17-23-18(25-24-17)13-5-7-16(28-4)8-6-13;/h5-9,11H,10,12H2,1-4H3,(H,21,22)(H,23,24,25);1H. The number of methoxy groups -OCH3 is 1. The molecule has 8 nitrogen and oxygen atoms in total. The van der Waals surface area contributed by atoms with Gasteiger partial charge in [0.15, 0.2) is 11.8 Å². The van der Waals surface area contributed by atoms with Crippen LogP contribution in [-0.2, 0) is 20.1 Å². The lowest BCUT2D eigenvalue weighted by atomic mass is 10.2. The molecule has 2 heterocycles. The lowest BCUT2D eigenvalue weighted by Gasteiger charge is -2.21. The van der Waals surface area contributed by atoms with Gasteiger partial charge in [0.25, 0.3) is 0 Å². The van der Waals surface area contributed by atoms with Crippen molar-refractivity contribution in [1.29, 1.82) is 0 Å². The molecule has 0 aliphatic carbocycles. The summed E-state index contributed by atoms with van der Waals surface area (Å²) in [4.78, 5) is 10.9. The Morgan fingerprint density at radius 3 is 2.66 bits per heavy atom. The van der Waals surface area contributed by atoms with Gasteiger partial charge in [0, 0.05) is 38.6 Å². The highest BCUT2D eigenvalue weighted by molar-refractivity contribution is 14.0. The van der Waals surface area contributed by atoms with Crippen LogP contribution in [0.3, 0.4) is 0 Å². The van der Waals surface area contributed by atoms with Crippen molar-refractivity contribution in [2.24, 2.45) is 12.0 Å².